The van der Waals surface area contributed by atoms with Crippen LogP contribution in [-0.2, 0) is 0 Å². The van der Waals surface area contributed by atoms with Crippen molar-refractivity contribution in [1.29, 1.82) is 0 Å². The lowest BCUT2D eigenvalue weighted by Gasteiger charge is -2.41. The summed E-state index contributed by atoms with van der Waals surface area (Å²) in [5, 5.41) is 0. The summed E-state index contributed by atoms with van der Waals surface area (Å²) < 4.78 is 0. The Bertz CT molecular complexity index is 260. The fraction of sp³-hybridized carbons (Fsp3) is 1.00. The van der Waals surface area contributed by atoms with Crippen LogP contribution in [0.15, 0.2) is 0 Å². The van der Waals surface area contributed by atoms with E-state index >= 15 is 0 Å². The second-order valence-corrected chi connectivity index (χ2v) is 6.24. The maximum absolute atomic E-state index is 6.13. The molecule has 0 aromatic rings. The lowest BCUT2D eigenvalue weighted by molar-refractivity contribution is 0.0868. The summed E-state index contributed by atoms with van der Waals surface area (Å²) in [5.74, 6) is 0.995. The number of likely N-dealkylation sites (tertiary alicyclic amines) is 1. The molecule has 3 rings (SSSR count). The molecule has 1 heterocycles. The minimum atomic E-state index is 0.318. The molecule has 0 amide bonds. The molecule has 0 aromatic heterocycles. The number of nitrogens with two attached hydrogens (primary N) is 1. The Morgan fingerprint density at radius 3 is 2.50 bits per heavy atom. The summed E-state index contributed by atoms with van der Waals surface area (Å²) in [6.07, 6.45) is 7.03. The first-order valence-corrected chi connectivity index (χ1v) is 6.89. The van der Waals surface area contributed by atoms with Gasteiger partial charge in [-0.05, 0) is 51.6 Å². The third-order valence-corrected chi connectivity index (χ3v) is 4.65. The predicted molar refractivity (Wildman–Crippen MR) is 66.4 cm³/mol. The number of rotatable bonds is 5. The minimum Gasteiger partial charge on any atom is -0.329 e. The molecule has 2 saturated carbocycles. The standard InChI is InChI=1S/C13H25N3/c1-15-7-6-13(9-14,10-15)16(12-4-5-12)8-11-2-3-11/h11-12H,2-10,14H2,1H3. The van der Waals surface area contributed by atoms with Crippen LogP contribution in [0.2, 0.25) is 0 Å². The van der Waals surface area contributed by atoms with E-state index in [1.165, 1.54) is 51.7 Å². The molecule has 3 nitrogen and oxygen atoms in total. The smallest absolute Gasteiger partial charge is 0.0473 e. The van der Waals surface area contributed by atoms with E-state index in [0.717, 1.165) is 18.5 Å². The van der Waals surface area contributed by atoms with E-state index in [0.29, 0.717) is 5.54 Å². The molecular weight excluding hydrogens is 198 g/mol. The number of nitrogens with zero attached hydrogens (tertiary/aromatic N) is 2. The minimum absolute atomic E-state index is 0.318. The third-order valence-electron chi connectivity index (χ3n) is 4.65. The highest BCUT2D eigenvalue weighted by Gasteiger charge is 2.47. The normalized spacial score (nSPS) is 36.2. The maximum atomic E-state index is 6.13. The van der Waals surface area contributed by atoms with Crippen LogP contribution in [0.3, 0.4) is 0 Å². The molecule has 0 bridgehead atoms. The van der Waals surface area contributed by atoms with Crippen molar-refractivity contribution in [3.8, 4) is 0 Å². The van der Waals surface area contributed by atoms with Gasteiger partial charge in [0.1, 0.15) is 0 Å². The van der Waals surface area contributed by atoms with Crippen molar-refractivity contribution < 1.29 is 0 Å². The topological polar surface area (TPSA) is 32.5 Å². The van der Waals surface area contributed by atoms with Crippen LogP contribution in [-0.4, -0.2) is 54.6 Å². The highest BCUT2D eigenvalue weighted by atomic mass is 15.3. The SMILES string of the molecule is CN1CCC(CN)(N(CC2CC2)C2CC2)C1. The van der Waals surface area contributed by atoms with E-state index < -0.39 is 0 Å². The van der Waals surface area contributed by atoms with Crippen LogP contribution in [0.1, 0.15) is 32.1 Å². The number of hydrogen-bond acceptors (Lipinski definition) is 3. The van der Waals surface area contributed by atoms with Crippen LogP contribution in [0.4, 0.5) is 0 Å². The highest BCUT2D eigenvalue weighted by molar-refractivity contribution is 5.05. The van der Waals surface area contributed by atoms with E-state index in [9.17, 15) is 0 Å². The van der Waals surface area contributed by atoms with Crippen molar-refractivity contribution in [2.24, 2.45) is 11.7 Å². The van der Waals surface area contributed by atoms with Crippen molar-refractivity contribution in [2.45, 2.75) is 43.7 Å². The van der Waals surface area contributed by atoms with Crippen LogP contribution in [0, 0.1) is 5.92 Å². The summed E-state index contributed by atoms with van der Waals surface area (Å²) in [4.78, 5) is 5.25. The van der Waals surface area contributed by atoms with Gasteiger partial charge in [-0.3, -0.25) is 4.90 Å². The Balaban J connectivity index is 1.73. The first-order valence-electron chi connectivity index (χ1n) is 6.89. The molecule has 3 fully saturated rings. The second kappa shape index (κ2) is 3.97. The lowest BCUT2D eigenvalue weighted by Crippen LogP contribution is -2.57. The molecule has 1 saturated heterocycles. The number of hydrogen-bond donors (Lipinski definition) is 1. The molecule has 0 spiro atoms. The molecule has 1 unspecified atom stereocenters. The van der Waals surface area contributed by atoms with Gasteiger partial charge in [-0.1, -0.05) is 0 Å². The average Bonchev–Trinajstić information content (AvgIpc) is 3.15. The van der Waals surface area contributed by atoms with Crippen LogP contribution in [0.5, 0.6) is 0 Å². The Hall–Kier alpha value is -0.120. The van der Waals surface area contributed by atoms with Crippen LogP contribution in [0.25, 0.3) is 0 Å². The molecule has 3 aliphatic rings. The zero-order valence-electron chi connectivity index (χ0n) is 10.5. The fourth-order valence-corrected chi connectivity index (χ4v) is 3.27. The summed E-state index contributed by atoms with van der Waals surface area (Å²) in [6.45, 7) is 4.59. The van der Waals surface area contributed by atoms with Gasteiger partial charge in [0.2, 0.25) is 0 Å². The van der Waals surface area contributed by atoms with Gasteiger partial charge in [-0.15, -0.1) is 0 Å². The highest BCUT2D eigenvalue weighted by Crippen LogP contribution is 2.41. The van der Waals surface area contributed by atoms with E-state index in [1.54, 1.807) is 0 Å². The second-order valence-electron chi connectivity index (χ2n) is 6.24. The molecule has 16 heavy (non-hydrogen) atoms. The quantitative estimate of drug-likeness (QED) is 0.751. The van der Waals surface area contributed by atoms with Crippen LogP contribution >= 0.6 is 0 Å². The molecule has 2 N–H and O–H groups in total. The first-order chi connectivity index (χ1) is 7.73. The zero-order valence-corrected chi connectivity index (χ0v) is 10.5. The van der Waals surface area contributed by atoms with Gasteiger partial charge in [0.05, 0.1) is 0 Å². The van der Waals surface area contributed by atoms with Gasteiger partial charge in [0.25, 0.3) is 0 Å². The summed E-state index contributed by atoms with van der Waals surface area (Å²) in [6, 6.07) is 0.871. The molecular formula is C13H25N3. The van der Waals surface area contributed by atoms with Crippen molar-refractivity contribution in [1.82, 2.24) is 9.80 Å². The first kappa shape index (κ1) is 11.0. The summed E-state index contributed by atoms with van der Waals surface area (Å²) in [7, 11) is 2.24. The Morgan fingerprint density at radius 2 is 2.06 bits per heavy atom. The molecule has 2 aliphatic carbocycles. The maximum Gasteiger partial charge on any atom is 0.0473 e. The molecule has 92 valence electrons. The van der Waals surface area contributed by atoms with Gasteiger partial charge in [-0.2, -0.15) is 0 Å². The van der Waals surface area contributed by atoms with Crippen molar-refractivity contribution >= 4 is 0 Å². The number of likely N-dealkylation sites (N-methyl/N-ethyl adjacent to an activating group) is 1. The van der Waals surface area contributed by atoms with Gasteiger partial charge < -0.3 is 10.6 Å². The molecule has 1 atom stereocenters. The lowest BCUT2D eigenvalue weighted by atomic mass is 9.95. The largest absolute Gasteiger partial charge is 0.329 e. The van der Waals surface area contributed by atoms with Crippen molar-refractivity contribution in [3.63, 3.8) is 0 Å². The monoisotopic (exact) mass is 223 g/mol. The van der Waals surface area contributed by atoms with E-state index in [1.807, 2.05) is 0 Å². The van der Waals surface area contributed by atoms with Gasteiger partial charge in [-0.25, -0.2) is 0 Å². The summed E-state index contributed by atoms with van der Waals surface area (Å²) >= 11 is 0. The molecule has 1 aliphatic heterocycles. The van der Waals surface area contributed by atoms with E-state index in [-0.39, 0.29) is 0 Å². The van der Waals surface area contributed by atoms with Gasteiger partial charge >= 0.3 is 0 Å². The van der Waals surface area contributed by atoms with Crippen molar-refractivity contribution in [2.75, 3.05) is 33.2 Å². The average molecular weight is 223 g/mol. The van der Waals surface area contributed by atoms with E-state index in [2.05, 4.69) is 16.8 Å². The summed E-state index contributed by atoms with van der Waals surface area (Å²) in [5.41, 5.74) is 6.44. The zero-order chi connectivity index (χ0) is 11.2. The Labute approximate surface area is 99.0 Å². The fourth-order valence-electron chi connectivity index (χ4n) is 3.27. The molecule has 0 aromatic carbocycles. The van der Waals surface area contributed by atoms with Crippen LogP contribution < -0.4 is 5.73 Å². The van der Waals surface area contributed by atoms with Crippen molar-refractivity contribution in [3.05, 3.63) is 0 Å². The molecule has 0 radical (unpaired) electrons. The van der Waals surface area contributed by atoms with E-state index in [4.69, 9.17) is 5.73 Å². The predicted octanol–water partition coefficient (Wildman–Crippen LogP) is 0.894. The Kier molecular flexibility index (Phi) is 2.73. The van der Waals surface area contributed by atoms with Gasteiger partial charge in [0, 0.05) is 31.2 Å². The van der Waals surface area contributed by atoms with Gasteiger partial charge in [0.15, 0.2) is 0 Å². The third kappa shape index (κ3) is 2.01. The Morgan fingerprint density at radius 1 is 1.31 bits per heavy atom. The molecule has 3 heteroatoms.